The van der Waals surface area contributed by atoms with Gasteiger partial charge in [0, 0.05) is 25.6 Å². The third-order valence-corrected chi connectivity index (χ3v) is 5.08. The highest BCUT2D eigenvalue weighted by Crippen LogP contribution is 2.51. The number of aromatic nitrogens is 1. The number of aryl methyl sites for hydroxylation is 1. The molecule has 4 heteroatoms. The molecule has 0 aromatic carbocycles. The van der Waals surface area contributed by atoms with Crippen molar-refractivity contribution in [3.8, 4) is 0 Å². The van der Waals surface area contributed by atoms with Crippen LogP contribution < -0.4 is 4.90 Å². The number of rotatable bonds is 4. The molecule has 2 heterocycles. The molecule has 0 bridgehead atoms. The molecule has 0 N–H and O–H groups in total. The summed E-state index contributed by atoms with van der Waals surface area (Å²) < 4.78 is 0. The largest absolute Gasteiger partial charge is 0.310 e. The molecule has 1 amide bonds. The Labute approximate surface area is 118 Å². The summed E-state index contributed by atoms with van der Waals surface area (Å²) in [6.45, 7) is 2.84. The Balaban J connectivity index is 1.75. The first-order valence-electron chi connectivity index (χ1n) is 6.88. The highest BCUT2D eigenvalue weighted by molar-refractivity contribution is 7.98. The lowest BCUT2D eigenvalue weighted by molar-refractivity contribution is -0.119. The highest BCUT2D eigenvalue weighted by atomic mass is 32.2. The fraction of sp³-hybridized carbons (Fsp3) is 0.600. The maximum atomic E-state index is 12.5. The Morgan fingerprint density at radius 3 is 3.00 bits per heavy atom. The summed E-state index contributed by atoms with van der Waals surface area (Å²) in [6.07, 6.45) is 8.06. The van der Waals surface area contributed by atoms with Crippen LogP contribution in [0.2, 0.25) is 0 Å². The lowest BCUT2D eigenvalue weighted by Crippen LogP contribution is -2.31. The molecule has 1 aromatic heterocycles. The van der Waals surface area contributed by atoms with E-state index in [1.165, 1.54) is 12.8 Å². The van der Waals surface area contributed by atoms with E-state index in [2.05, 4.69) is 17.3 Å². The van der Waals surface area contributed by atoms with Crippen LogP contribution in [0.4, 0.5) is 5.69 Å². The van der Waals surface area contributed by atoms with Crippen LogP contribution in [0.1, 0.15) is 30.5 Å². The number of nitrogens with zero attached hydrogens (tertiary/aromatic N) is 2. The molecule has 0 spiro atoms. The summed E-state index contributed by atoms with van der Waals surface area (Å²) in [5, 5.41) is 0. The fourth-order valence-corrected chi connectivity index (χ4v) is 3.88. The number of amides is 1. The van der Waals surface area contributed by atoms with Crippen molar-refractivity contribution >= 4 is 23.4 Å². The van der Waals surface area contributed by atoms with Crippen LogP contribution in [0.25, 0.3) is 0 Å². The summed E-state index contributed by atoms with van der Waals surface area (Å²) in [6, 6.07) is 2.10. The Hall–Kier alpha value is -1.03. The second kappa shape index (κ2) is 4.82. The Bertz CT molecular complexity index is 511. The van der Waals surface area contributed by atoms with Gasteiger partial charge in [-0.3, -0.25) is 9.78 Å². The van der Waals surface area contributed by atoms with Crippen LogP contribution >= 0.6 is 11.8 Å². The third-order valence-electron chi connectivity index (χ3n) is 4.18. The van der Waals surface area contributed by atoms with Crippen molar-refractivity contribution in [3.05, 3.63) is 23.5 Å². The molecule has 1 fully saturated rings. The molecule has 3 nitrogen and oxygen atoms in total. The molecule has 19 heavy (non-hydrogen) atoms. The van der Waals surface area contributed by atoms with Crippen LogP contribution in [0.5, 0.6) is 0 Å². The topological polar surface area (TPSA) is 33.2 Å². The van der Waals surface area contributed by atoms with E-state index in [1.807, 2.05) is 29.8 Å². The maximum Gasteiger partial charge on any atom is 0.227 e. The van der Waals surface area contributed by atoms with Gasteiger partial charge in [-0.2, -0.15) is 11.8 Å². The molecule has 0 radical (unpaired) electrons. The molecule has 0 saturated heterocycles. The third kappa shape index (κ3) is 2.50. The Kier molecular flexibility index (Phi) is 3.29. The van der Waals surface area contributed by atoms with Crippen LogP contribution in [0, 0.1) is 12.3 Å². The molecule has 0 atom stereocenters. The van der Waals surface area contributed by atoms with E-state index in [-0.39, 0.29) is 5.91 Å². The average molecular weight is 276 g/mol. The van der Waals surface area contributed by atoms with E-state index in [0.29, 0.717) is 11.8 Å². The van der Waals surface area contributed by atoms with Gasteiger partial charge in [0.25, 0.3) is 0 Å². The van der Waals surface area contributed by atoms with Gasteiger partial charge in [0.1, 0.15) is 0 Å². The zero-order valence-corrected chi connectivity index (χ0v) is 12.4. The molecule has 3 rings (SSSR count). The zero-order valence-electron chi connectivity index (χ0n) is 11.6. The second-order valence-corrected chi connectivity index (χ2v) is 6.75. The first-order chi connectivity index (χ1) is 9.13. The molecule has 1 aliphatic heterocycles. The minimum Gasteiger partial charge on any atom is -0.310 e. The van der Waals surface area contributed by atoms with Gasteiger partial charge in [0.15, 0.2) is 0 Å². The minimum atomic E-state index is 0.290. The molecular weight excluding hydrogens is 256 g/mol. The van der Waals surface area contributed by atoms with Gasteiger partial charge in [0.05, 0.1) is 11.4 Å². The molecule has 1 aromatic rings. The molecule has 102 valence electrons. The van der Waals surface area contributed by atoms with Crippen molar-refractivity contribution in [3.63, 3.8) is 0 Å². The summed E-state index contributed by atoms with van der Waals surface area (Å²) in [7, 11) is 0. The van der Waals surface area contributed by atoms with E-state index >= 15 is 0 Å². The van der Waals surface area contributed by atoms with Crippen LogP contribution in [0.3, 0.4) is 0 Å². The van der Waals surface area contributed by atoms with Crippen molar-refractivity contribution in [2.24, 2.45) is 5.41 Å². The van der Waals surface area contributed by atoms with Gasteiger partial charge >= 0.3 is 0 Å². The van der Waals surface area contributed by atoms with Gasteiger partial charge in [-0.1, -0.05) is 0 Å². The smallest absolute Gasteiger partial charge is 0.227 e. The lowest BCUT2D eigenvalue weighted by atomic mass is 10.0. The first-order valence-corrected chi connectivity index (χ1v) is 8.28. The normalized spacial score (nSPS) is 19.4. The quantitative estimate of drug-likeness (QED) is 0.848. The zero-order chi connectivity index (χ0) is 13.5. The standard InChI is InChI=1S/C15H20N2OS/c1-11-7-13-12(16-9-11)3-6-17(13)14(18)8-15(4-5-15)10-19-2/h7,9H,3-6,8,10H2,1-2H3. The SMILES string of the molecule is CSCC1(CC(=O)N2CCc3ncc(C)cc32)CC1. The predicted octanol–water partition coefficient (Wildman–Crippen LogP) is 2.81. The van der Waals surface area contributed by atoms with E-state index in [4.69, 9.17) is 0 Å². The fourth-order valence-electron chi connectivity index (χ4n) is 2.88. The second-order valence-electron chi connectivity index (χ2n) is 5.88. The van der Waals surface area contributed by atoms with Crippen molar-refractivity contribution in [2.75, 3.05) is 23.5 Å². The van der Waals surface area contributed by atoms with Gasteiger partial charge in [0.2, 0.25) is 5.91 Å². The van der Waals surface area contributed by atoms with Crippen molar-refractivity contribution in [2.45, 2.75) is 32.6 Å². The van der Waals surface area contributed by atoms with Crippen LogP contribution in [0.15, 0.2) is 12.3 Å². The number of hydrogen-bond donors (Lipinski definition) is 0. The summed E-state index contributed by atoms with van der Waals surface area (Å²) >= 11 is 1.86. The van der Waals surface area contributed by atoms with Crippen LogP contribution in [-0.4, -0.2) is 29.4 Å². The number of anilines is 1. The minimum absolute atomic E-state index is 0.290. The molecule has 2 aliphatic rings. The summed E-state index contributed by atoms with van der Waals surface area (Å²) in [5.74, 6) is 1.41. The molecular formula is C15H20N2OS. The van der Waals surface area contributed by atoms with Crippen molar-refractivity contribution in [1.29, 1.82) is 0 Å². The number of hydrogen-bond acceptors (Lipinski definition) is 3. The summed E-state index contributed by atoms with van der Waals surface area (Å²) in [5.41, 5.74) is 3.55. The van der Waals surface area contributed by atoms with E-state index < -0.39 is 0 Å². The van der Waals surface area contributed by atoms with E-state index in [9.17, 15) is 4.79 Å². The number of thioether (sulfide) groups is 1. The Morgan fingerprint density at radius 2 is 2.32 bits per heavy atom. The first kappa shape index (κ1) is 13.0. The number of carbonyl (C=O) groups is 1. The summed E-state index contributed by atoms with van der Waals surface area (Å²) in [4.78, 5) is 18.9. The monoisotopic (exact) mass is 276 g/mol. The number of pyridine rings is 1. The van der Waals surface area contributed by atoms with Crippen molar-refractivity contribution < 1.29 is 4.79 Å². The number of carbonyl (C=O) groups excluding carboxylic acids is 1. The van der Waals surface area contributed by atoms with Gasteiger partial charge < -0.3 is 4.90 Å². The highest BCUT2D eigenvalue weighted by Gasteiger charge is 2.45. The van der Waals surface area contributed by atoms with Crippen molar-refractivity contribution in [1.82, 2.24) is 4.98 Å². The lowest BCUT2D eigenvalue weighted by Gasteiger charge is -2.21. The van der Waals surface area contributed by atoms with Gasteiger partial charge in [-0.05, 0) is 48.8 Å². The van der Waals surface area contributed by atoms with Gasteiger partial charge in [-0.25, -0.2) is 0 Å². The van der Waals surface area contributed by atoms with Gasteiger partial charge in [-0.15, -0.1) is 0 Å². The van der Waals surface area contributed by atoms with E-state index in [1.54, 1.807) is 0 Å². The maximum absolute atomic E-state index is 12.5. The molecule has 0 unspecified atom stereocenters. The van der Waals surface area contributed by atoms with Crippen LogP contribution in [-0.2, 0) is 11.2 Å². The molecule has 1 aliphatic carbocycles. The predicted molar refractivity (Wildman–Crippen MR) is 79.7 cm³/mol. The van der Waals surface area contributed by atoms with E-state index in [0.717, 1.165) is 35.7 Å². The molecule has 1 saturated carbocycles. The average Bonchev–Trinajstić information content (AvgIpc) is 2.99. The number of fused-ring (bicyclic) bond motifs is 1. The Morgan fingerprint density at radius 1 is 1.53 bits per heavy atom.